The molecule has 0 saturated heterocycles. The number of carbonyl (C=O) groups excluding carboxylic acids is 2. The van der Waals surface area contributed by atoms with Crippen molar-refractivity contribution in [2.75, 3.05) is 20.8 Å². The third kappa shape index (κ3) is 7.83. The fourth-order valence-corrected chi connectivity index (χ4v) is 3.71. The Balaban J connectivity index is 2.17. The van der Waals surface area contributed by atoms with E-state index in [9.17, 15) is 9.59 Å². The Morgan fingerprint density at radius 1 is 1.00 bits per heavy atom. The van der Waals surface area contributed by atoms with Crippen LogP contribution in [-0.2, 0) is 22.6 Å². The van der Waals surface area contributed by atoms with Crippen molar-refractivity contribution >= 4 is 35.0 Å². The molecule has 8 heteroatoms. The summed E-state index contributed by atoms with van der Waals surface area (Å²) in [6, 6.07) is 10.2. The van der Waals surface area contributed by atoms with Crippen molar-refractivity contribution in [3.05, 3.63) is 57.6 Å². The fraction of sp³-hybridized carbons (Fsp3) is 0.440. The molecule has 33 heavy (non-hydrogen) atoms. The lowest BCUT2D eigenvalue weighted by Gasteiger charge is -2.29. The molecule has 6 nitrogen and oxygen atoms in total. The first-order valence-corrected chi connectivity index (χ1v) is 11.8. The van der Waals surface area contributed by atoms with Gasteiger partial charge in [0.1, 0.15) is 6.04 Å². The molecule has 0 aliphatic heterocycles. The zero-order valence-electron chi connectivity index (χ0n) is 19.6. The number of halogens is 2. The maximum Gasteiger partial charge on any atom is 0.242 e. The third-order valence-corrected chi connectivity index (χ3v) is 6.15. The number of ether oxygens (including phenoxy) is 2. The van der Waals surface area contributed by atoms with E-state index in [0.29, 0.717) is 34.5 Å². The van der Waals surface area contributed by atoms with E-state index < -0.39 is 6.04 Å². The number of rotatable bonds is 12. The molecule has 0 saturated carbocycles. The van der Waals surface area contributed by atoms with Crippen molar-refractivity contribution in [1.29, 1.82) is 0 Å². The van der Waals surface area contributed by atoms with Crippen molar-refractivity contribution in [2.24, 2.45) is 0 Å². The molecule has 0 aliphatic rings. The monoisotopic (exact) mass is 494 g/mol. The maximum atomic E-state index is 13.3. The van der Waals surface area contributed by atoms with E-state index in [0.717, 1.165) is 24.0 Å². The van der Waals surface area contributed by atoms with Crippen LogP contribution in [0.5, 0.6) is 11.5 Å². The second-order valence-electron chi connectivity index (χ2n) is 7.78. The molecule has 0 bridgehead atoms. The topological polar surface area (TPSA) is 67.9 Å². The van der Waals surface area contributed by atoms with Crippen molar-refractivity contribution < 1.29 is 19.1 Å². The number of unbranched alkanes of at least 4 members (excludes halogenated alkanes) is 1. The lowest BCUT2D eigenvalue weighted by Crippen LogP contribution is -2.47. The van der Waals surface area contributed by atoms with Crippen LogP contribution in [0.3, 0.4) is 0 Å². The Morgan fingerprint density at radius 3 is 2.33 bits per heavy atom. The molecule has 1 N–H and O–H groups in total. The van der Waals surface area contributed by atoms with Crippen LogP contribution in [0.1, 0.15) is 44.2 Å². The lowest BCUT2D eigenvalue weighted by atomic mass is 10.1. The number of hydrogen-bond acceptors (Lipinski definition) is 4. The largest absolute Gasteiger partial charge is 0.493 e. The standard InChI is InChI=1S/C25H32Cl2N2O4/c1-5-6-13-28-25(31)17(2)29(16-19-7-10-20(26)21(27)14-19)24(30)12-9-18-8-11-22(32-3)23(15-18)33-4/h7-8,10-11,14-15,17H,5-6,9,12-13,16H2,1-4H3,(H,28,31)/t17-/m0/s1. The van der Waals surface area contributed by atoms with Gasteiger partial charge in [0, 0.05) is 19.5 Å². The van der Waals surface area contributed by atoms with E-state index in [1.165, 1.54) is 0 Å². The number of methoxy groups -OCH3 is 2. The normalized spacial score (nSPS) is 11.6. The van der Waals surface area contributed by atoms with Crippen LogP contribution in [0, 0.1) is 0 Å². The molecule has 0 spiro atoms. The van der Waals surface area contributed by atoms with Gasteiger partial charge in [-0.3, -0.25) is 9.59 Å². The molecule has 180 valence electrons. The highest BCUT2D eigenvalue weighted by Gasteiger charge is 2.26. The molecule has 0 aliphatic carbocycles. The van der Waals surface area contributed by atoms with Crippen LogP contribution >= 0.6 is 23.2 Å². The van der Waals surface area contributed by atoms with E-state index in [-0.39, 0.29) is 24.8 Å². The van der Waals surface area contributed by atoms with E-state index in [1.54, 1.807) is 38.2 Å². The van der Waals surface area contributed by atoms with Gasteiger partial charge >= 0.3 is 0 Å². The number of nitrogens with one attached hydrogen (secondary N) is 1. The number of nitrogens with zero attached hydrogens (tertiary/aromatic N) is 1. The molecule has 1 atom stereocenters. The lowest BCUT2D eigenvalue weighted by molar-refractivity contribution is -0.140. The summed E-state index contributed by atoms with van der Waals surface area (Å²) in [4.78, 5) is 27.6. The van der Waals surface area contributed by atoms with Crippen LogP contribution in [0.25, 0.3) is 0 Å². The van der Waals surface area contributed by atoms with Gasteiger partial charge in [-0.15, -0.1) is 0 Å². The number of carbonyl (C=O) groups is 2. The maximum absolute atomic E-state index is 13.3. The summed E-state index contributed by atoms with van der Waals surface area (Å²) in [6.45, 7) is 4.64. The molecule has 0 unspecified atom stereocenters. The van der Waals surface area contributed by atoms with Gasteiger partial charge in [-0.25, -0.2) is 0 Å². The number of aryl methyl sites for hydroxylation is 1. The summed E-state index contributed by atoms with van der Waals surface area (Å²) in [5.74, 6) is 0.932. The average molecular weight is 495 g/mol. The van der Waals surface area contributed by atoms with E-state index in [4.69, 9.17) is 32.7 Å². The van der Waals surface area contributed by atoms with Crippen LogP contribution in [0.4, 0.5) is 0 Å². The number of hydrogen-bond donors (Lipinski definition) is 1. The zero-order chi connectivity index (χ0) is 24.4. The molecule has 2 aromatic rings. The summed E-state index contributed by atoms with van der Waals surface area (Å²) in [5, 5.41) is 3.77. The van der Waals surface area contributed by atoms with E-state index in [2.05, 4.69) is 12.2 Å². The quantitative estimate of drug-likeness (QED) is 0.407. The Labute approximate surface area is 206 Å². The molecule has 0 heterocycles. The minimum Gasteiger partial charge on any atom is -0.493 e. The van der Waals surface area contributed by atoms with Gasteiger partial charge in [-0.05, 0) is 55.2 Å². The Bertz CT molecular complexity index is 952. The molecule has 2 aromatic carbocycles. The molecule has 0 aromatic heterocycles. The first-order chi connectivity index (χ1) is 15.8. The molecule has 2 amide bonds. The van der Waals surface area contributed by atoms with Gasteiger partial charge in [0.25, 0.3) is 0 Å². The second-order valence-corrected chi connectivity index (χ2v) is 8.59. The smallest absolute Gasteiger partial charge is 0.242 e. The minimum absolute atomic E-state index is 0.131. The van der Waals surface area contributed by atoms with Crippen molar-refractivity contribution in [3.63, 3.8) is 0 Å². The molecule has 0 radical (unpaired) electrons. The average Bonchev–Trinajstić information content (AvgIpc) is 2.82. The van der Waals surface area contributed by atoms with Crippen LogP contribution in [0.15, 0.2) is 36.4 Å². The molecule has 2 rings (SSSR count). The molecule has 0 fully saturated rings. The van der Waals surface area contributed by atoms with Crippen molar-refractivity contribution in [2.45, 2.75) is 52.1 Å². The predicted molar refractivity (Wildman–Crippen MR) is 132 cm³/mol. The summed E-state index contributed by atoms with van der Waals surface area (Å²) < 4.78 is 10.6. The van der Waals surface area contributed by atoms with Gasteiger partial charge < -0.3 is 19.7 Å². The summed E-state index contributed by atoms with van der Waals surface area (Å²) in [6.07, 6.45) is 2.61. The highest BCUT2D eigenvalue weighted by atomic mass is 35.5. The SMILES string of the molecule is CCCCNC(=O)[C@H](C)N(Cc1ccc(Cl)c(Cl)c1)C(=O)CCc1ccc(OC)c(OC)c1. The first-order valence-electron chi connectivity index (χ1n) is 11.0. The Hall–Kier alpha value is -2.44. The second kappa shape index (κ2) is 13.3. The number of benzene rings is 2. The summed E-state index contributed by atoms with van der Waals surface area (Å²) in [5.41, 5.74) is 1.74. The van der Waals surface area contributed by atoms with Crippen LogP contribution in [0.2, 0.25) is 10.0 Å². The van der Waals surface area contributed by atoms with Crippen LogP contribution < -0.4 is 14.8 Å². The Morgan fingerprint density at radius 2 is 1.70 bits per heavy atom. The molecular weight excluding hydrogens is 463 g/mol. The highest BCUT2D eigenvalue weighted by molar-refractivity contribution is 6.42. The summed E-state index contributed by atoms with van der Waals surface area (Å²) >= 11 is 12.2. The van der Waals surface area contributed by atoms with E-state index in [1.807, 2.05) is 24.3 Å². The fourth-order valence-electron chi connectivity index (χ4n) is 3.38. The van der Waals surface area contributed by atoms with Gasteiger partial charge in [-0.2, -0.15) is 0 Å². The molecular formula is C25H32Cl2N2O4. The van der Waals surface area contributed by atoms with E-state index >= 15 is 0 Å². The van der Waals surface area contributed by atoms with Gasteiger partial charge in [0.15, 0.2) is 11.5 Å². The number of amides is 2. The zero-order valence-corrected chi connectivity index (χ0v) is 21.1. The van der Waals surface area contributed by atoms with Gasteiger partial charge in [-0.1, -0.05) is 48.7 Å². The first kappa shape index (κ1) is 26.8. The van der Waals surface area contributed by atoms with Crippen molar-refractivity contribution in [1.82, 2.24) is 10.2 Å². The van der Waals surface area contributed by atoms with Crippen LogP contribution in [-0.4, -0.2) is 43.5 Å². The van der Waals surface area contributed by atoms with Crippen molar-refractivity contribution in [3.8, 4) is 11.5 Å². The minimum atomic E-state index is -0.630. The third-order valence-electron chi connectivity index (χ3n) is 5.41. The summed E-state index contributed by atoms with van der Waals surface area (Å²) in [7, 11) is 3.15. The Kier molecular flexibility index (Phi) is 10.8. The predicted octanol–water partition coefficient (Wildman–Crippen LogP) is 5.28. The van der Waals surface area contributed by atoms with Gasteiger partial charge in [0.2, 0.25) is 11.8 Å². The highest BCUT2D eigenvalue weighted by Crippen LogP contribution is 2.28. The van der Waals surface area contributed by atoms with Gasteiger partial charge in [0.05, 0.1) is 24.3 Å².